The van der Waals surface area contributed by atoms with E-state index in [9.17, 15) is 4.79 Å². The molecule has 25 heavy (non-hydrogen) atoms. The lowest BCUT2D eigenvalue weighted by Crippen LogP contribution is -2.44. The van der Waals surface area contributed by atoms with Crippen LogP contribution in [-0.2, 0) is 16.8 Å². The normalized spacial score (nSPS) is 31.0. The molecule has 2 bridgehead atoms. The van der Waals surface area contributed by atoms with Crippen molar-refractivity contribution in [2.24, 2.45) is 5.92 Å². The number of carbonyl (C=O) groups is 1. The third-order valence-electron chi connectivity index (χ3n) is 6.45. The van der Waals surface area contributed by atoms with Gasteiger partial charge in [-0.1, -0.05) is 0 Å². The summed E-state index contributed by atoms with van der Waals surface area (Å²) in [5.74, 6) is 0.862. The Morgan fingerprint density at radius 3 is 2.96 bits per heavy atom. The third-order valence-corrected chi connectivity index (χ3v) is 7.64. The highest BCUT2D eigenvalue weighted by molar-refractivity contribution is 7.14. The Kier molecular flexibility index (Phi) is 4.12. The molecule has 0 radical (unpaired) electrons. The van der Waals surface area contributed by atoms with E-state index in [1.165, 1.54) is 23.3 Å². The van der Waals surface area contributed by atoms with Crippen LogP contribution >= 0.6 is 11.3 Å². The molecule has 0 saturated carbocycles. The summed E-state index contributed by atoms with van der Waals surface area (Å²) in [7, 11) is 0. The summed E-state index contributed by atoms with van der Waals surface area (Å²) in [6.45, 7) is 5.64. The Morgan fingerprint density at radius 2 is 2.16 bits per heavy atom. The molecule has 6 heteroatoms. The zero-order chi connectivity index (χ0) is 16.9. The molecule has 5 aliphatic rings. The van der Waals surface area contributed by atoms with Crippen molar-refractivity contribution in [2.75, 3.05) is 39.3 Å². The first-order valence-corrected chi connectivity index (χ1v) is 10.6. The fourth-order valence-corrected chi connectivity index (χ4v) is 6.23. The van der Waals surface area contributed by atoms with Gasteiger partial charge in [0.1, 0.15) is 0 Å². The zero-order valence-corrected chi connectivity index (χ0v) is 15.5. The minimum atomic E-state index is -0.146. The maximum atomic E-state index is 13.2. The summed E-state index contributed by atoms with van der Waals surface area (Å²) >= 11 is 1.72. The number of hydrogen-bond donors (Lipinski definition) is 2. The van der Waals surface area contributed by atoms with Crippen molar-refractivity contribution in [3.05, 3.63) is 21.4 Å². The van der Waals surface area contributed by atoms with Crippen molar-refractivity contribution in [1.29, 1.82) is 0 Å². The summed E-state index contributed by atoms with van der Waals surface area (Å²) in [6.07, 6.45) is 5.45. The van der Waals surface area contributed by atoms with Crippen LogP contribution in [0.5, 0.6) is 0 Å². The molecule has 6 rings (SSSR count). The van der Waals surface area contributed by atoms with Gasteiger partial charge in [-0.25, -0.2) is 0 Å². The summed E-state index contributed by atoms with van der Waals surface area (Å²) in [6, 6.07) is 2.66. The smallest absolute Gasteiger partial charge is 0.264 e. The van der Waals surface area contributed by atoms with Crippen LogP contribution in [0.1, 0.15) is 45.8 Å². The van der Waals surface area contributed by atoms with E-state index < -0.39 is 0 Å². The molecule has 4 saturated heterocycles. The molecular formula is C19H27N3O2S. The first kappa shape index (κ1) is 16.2. The van der Waals surface area contributed by atoms with Crippen LogP contribution in [-0.4, -0.2) is 56.2 Å². The zero-order valence-electron chi connectivity index (χ0n) is 14.7. The lowest BCUT2D eigenvalue weighted by molar-refractivity contribution is -0.0792. The first-order valence-electron chi connectivity index (χ1n) is 9.74. The average Bonchev–Trinajstić information content (AvgIpc) is 2.86. The fraction of sp³-hybridized carbons (Fsp3) is 0.737. The number of nitrogens with one attached hydrogen (secondary N) is 2. The Labute approximate surface area is 153 Å². The highest BCUT2D eigenvalue weighted by atomic mass is 32.1. The van der Waals surface area contributed by atoms with Gasteiger partial charge in [-0.3, -0.25) is 4.79 Å². The Balaban J connectivity index is 1.42. The predicted molar refractivity (Wildman–Crippen MR) is 98.2 cm³/mol. The summed E-state index contributed by atoms with van der Waals surface area (Å²) in [4.78, 5) is 17.6. The van der Waals surface area contributed by atoms with Crippen molar-refractivity contribution < 1.29 is 9.53 Å². The third kappa shape index (κ3) is 2.83. The molecule has 1 amide bonds. The lowest BCUT2D eigenvalue weighted by Gasteiger charge is -2.40. The molecule has 2 atom stereocenters. The second-order valence-corrected chi connectivity index (χ2v) is 9.19. The van der Waals surface area contributed by atoms with Crippen LogP contribution in [0.25, 0.3) is 0 Å². The highest BCUT2D eigenvalue weighted by Crippen LogP contribution is 2.43. The summed E-state index contributed by atoms with van der Waals surface area (Å²) in [5, 5.41) is 7.03. The van der Waals surface area contributed by atoms with Crippen LogP contribution in [0.2, 0.25) is 0 Å². The molecule has 0 unspecified atom stereocenters. The number of carbonyl (C=O) groups excluding carboxylic acids is 1. The van der Waals surface area contributed by atoms with Crippen LogP contribution < -0.4 is 10.6 Å². The molecule has 0 aliphatic carbocycles. The van der Waals surface area contributed by atoms with E-state index in [-0.39, 0.29) is 11.5 Å². The van der Waals surface area contributed by atoms with Crippen molar-refractivity contribution >= 4 is 17.2 Å². The van der Waals surface area contributed by atoms with Crippen molar-refractivity contribution in [2.45, 2.75) is 43.7 Å². The largest absolute Gasteiger partial charge is 0.370 e. The SMILES string of the molecule is O=C(c1cc2c(s1)CCOC21CCNCC1)N1C[C@H]2CC[C@@H](C1)NC2. The Hall–Kier alpha value is -0.950. The molecular weight excluding hydrogens is 334 g/mol. The first-order chi connectivity index (χ1) is 12.2. The van der Waals surface area contributed by atoms with Crippen LogP contribution in [0.4, 0.5) is 0 Å². The van der Waals surface area contributed by atoms with Gasteiger partial charge < -0.3 is 20.3 Å². The number of nitrogens with zero attached hydrogens (tertiary/aromatic N) is 1. The number of hydrogen-bond acceptors (Lipinski definition) is 5. The minimum absolute atomic E-state index is 0.146. The highest BCUT2D eigenvalue weighted by Gasteiger charge is 2.41. The predicted octanol–water partition coefficient (Wildman–Crippen LogP) is 1.72. The molecule has 1 aromatic rings. The van der Waals surface area contributed by atoms with E-state index in [0.717, 1.165) is 63.5 Å². The van der Waals surface area contributed by atoms with E-state index in [4.69, 9.17) is 4.74 Å². The molecule has 1 spiro atoms. The van der Waals surface area contributed by atoms with E-state index in [1.54, 1.807) is 11.3 Å². The molecule has 5 nitrogen and oxygen atoms in total. The van der Waals surface area contributed by atoms with Crippen LogP contribution in [0, 0.1) is 5.92 Å². The second kappa shape index (κ2) is 6.34. The molecule has 1 aromatic heterocycles. The Morgan fingerprint density at radius 1 is 1.28 bits per heavy atom. The van der Waals surface area contributed by atoms with Gasteiger partial charge in [-0.15, -0.1) is 11.3 Å². The van der Waals surface area contributed by atoms with Crippen LogP contribution in [0.15, 0.2) is 6.07 Å². The van der Waals surface area contributed by atoms with Gasteiger partial charge in [0.25, 0.3) is 5.91 Å². The standard InChI is InChI=1S/C19H27N3O2S/c23-18(22-11-13-1-2-14(12-22)21-10-13)17-9-15-16(25-17)3-8-24-19(15)4-6-20-7-5-19/h9,13-14,20-21H,1-8,10-12H2/t13-,14-/m0/s1. The van der Waals surface area contributed by atoms with Gasteiger partial charge in [0.2, 0.25) is 0 Å². The van der Waals surface area contributed by atoms with Crippen LogP contribution in [0.3, 0.4) is 0 Å². The van der Waals surface area contributed by atoms with Gasteiger partial charge in [0, 0.05) is 30.4 Å². The van der Waals surface area contributed by atoms with Gasteiger partial charge in [0.05, 0.1) is 17.1 Å². The summed E-state index contributed by atoms with van der Waals surface area (Å²) < 4.78 is 6.27. The number of ether oxygens (including phenoxy) is 1. The number of rotatable bonds is 1. The molecule has 5 aliphatic heterocycles. The van der Waals surface area contributed by atoms with Gasteiger partial charge in [0.15, 0.2) is 0 Å². The number of amides is 1. The molecule has 0 aromatic carbocycles. The molecule has 136 valence electrons. The maximum absolute atomic E-state index is 13.2. The fourth-order valence-electron chi connectivity index (χ4n) is 5.03. The number of piperidine rings is 2. The average molecular weight is 362 g/mol. The summed E-state index contributed by atoms with van der Waals surface area (Å²) in [5.41, 5.74) is 1.16. The molecule has 6 heterocycles. The molecule has 4 fully saturated rings. The van der Waals surface area contributed by atoms with Crippen molar-refractivity contribution in [3.8, 4) is 0 Å². The van der Waals surface area contributed by atoms with E-state index >= 15 is 0 Å². The Bertz CT molecular complexity index is 646. The number of fused-ring (bicyclic) bond motifs is 6. The van der Waals surface area contributed by atoms with Gasteiger partial charge in [-0.05, 0) is 62.9 Å². The second-order valence-electron chi connectivity index (χ2n) is 8.05. The topological polar surface area (TPSA) is 53.6 Å². The van der Waals surface area contributed by atoms with E-state index in [0.29, 0.717) is 12.0 Å². The van der Waals surface area contributed by atoms with E-state index in [2.05, 4.69) is 21.6 Å². The van der Waals surface area contributed by atoms with Crippen molar-refractivity contribution in [3.63, 3.8) is 0 Å². The van der Waals surface area contributed by atoms with Gasteiger partial charge in [-0.2, -0.15) is 0 Å². The maximum Gasteiger partial charge on any atom is 0.264 e. The molecule has 2 N–H and O–H groups in total. The minimum Gasteiger partial charge on any atom is -0.370 e. The quantitative estimate of drug-likeness (QED) is 0.800. The number of thiophene rings is 1. The monoisotopic (exact) mass is 361 g/mol. The van der Waals surface area contributed by atoms with Gasteiger partial charge >= 0.3 is 0 Å². The van der Waals surface area contributed by atoms with Crippen molar-refractivity contribution in [1.82, 2.24) is 15.5 Å². The lowest BCUT2D eigenvalue weighted by atomic mass is 9.83. The van der Waals surface area contributed by atoms with E-state index in [1.807, 2.05) is 0 Å².